The highest BCUT2D eigenvalue weighted by molar-refractivity contribution is 5.89. The lowest BCUT2D eigenvalue weighted by atomic mass is 10.1. The predicted octanol–water partition coefficient (Wildman–Crippen LogP) is 0.443. The Morgan fingerprint density at radius 3 is 2.52 bits per heavy atom. The monoisotopic (exact) mass is 352 g/mol. The van der Waals surface area contributed by atoms with E-state index in [1.807, 2.05) is 18.2 Å². The molecule has 0 aliphatic heterocycles. The van der Waals surface area contributed by atoms with Crippen LogP contribution in [0.3, 0.4) is 0 Å². The Balaban J connectivity index is 2.40. The fourth-order valence-electron chi connectivity index (χ4n) is 2.04. The van der Waals surface area contributed by atoms with Crippen molar-refractivity contribution in [3.63, 3.8) is 0 Å². The number of aliphatic carboxylic acids is 1. The van der Waals surface area contributed by atoms with Crippen molar-refractivity contribution in [2.75, 3.05) is 13.7 Å². The largest absolute Gasteiger partial charge is 0.480 e. The Morgan fingerprint density at radius 1 is 1.24 bits per heavy atom. The molecule has 1 amide bonds. The van der Waals surface area contributed by atoms with E-state index in [1.165, 1.54) is 7.11 Å². The fourth-order valence-corrected chi connectivity index (χ4v) is 2.04. The third-order valence-corrected chi connectivity index (χ3v) is 3.42. The van der Waals surface area contributed by atoms with Gasteiger partial charge < -0.3 is 25.6 Å². The molecule has 0 bridgehead atoms. The van der Waals surface area contributed by atoms with Crippen LogP contribution >= 0.6 is 0 Å². The van der Waals surface area contributed by atoms with Gasteiger partial charge in [-0.2, -0.15) is 0 Å². The van der Waals surface area contributed by atoms with E-state index in [0.29, 0.717) is 13.0 Å². The minimum Gasteiger partial charge on any atom is -0.480 e. The maximum Gasteiger partial charge on any atom is 0.326 e. The molecule has 8 heteroatoms. The third-order valence-electron chi connectivity index (χ3n) is 3.42. The number of amides is 1. The maximum atomic E-state index is 12.0. The van der Waals surface area contributed by atoms with Crippen molar-refractivity contribution < 1.29 is 29.0 Å². The standard InChI is InChI=1S/C17H24N2O6/c1-24-9-5-8-14(17(22)23)19-16(21)13(18)10-15(20)25-11-12-6-3-2-4-7-12/h2-4,6-7,13-14H,5,8-11,18H2,1H3,(H,19,21)(H,22,23)/t13-,14?/m0/s1. The molecule has 1 rings (SSSR count). The Hall–Kier alpha value is -2.45. The van der Waals surface area contributed by atoms with Crippen LogP contribution < -0.4 is 11.1 Å². The minimum atomic E-state index is -1.17. The van der Waals surface area contributed by atoms with Crippen LogP contribution in [-0.4, -0.2) is 48.8 Å². The first-order valence-corrected chi connectivity index (χ1v) is 7.91. The zero-order chi connectivity index (χ0) is 18.7. The van der Waals surface area contributed by atoms with Gasteiger partial charge in [-0.1, -0.05) is 30.3 Å². The highest BCUT2D eigenvalue weighted by Crippen LogP contribution is 2.04. The summed E-state index contributed by atoms with van der Waals surface area (Å²) in [4.78, 5) is 34.9. The lowest BCUT2D eigenvalue weighted by Crippen LogP contribution is -2.49. The first-order chi connectivity index (χ1) is 11.9. The second kappa shape index (κ2) is 11.2. The summed E-state index contributed by atoms with van der Waals surface area (Å²) in [5.41, 5.74) is 6.48. The summed E-state index contributed by atoms with van der Waals surface area (Å²) in [5.74, 6) is -2.50. The van der Waals surface area contributed by atoms with E-state index in [9.17, 15) is 14.4 Å². The van der Waals surface area contributed by atoms with Crippen molar-refractivity contribution in [2.45, 2.75) is 38.0 Å². The second-order valence-electron chi connectivity index (χ2n) is 5.49. The van der Waals surface area contributed by atoms with Gasteiger partial charge in [0.2, 0.25) is 5.91 Å². The number of hydrogen-bond donors (Lipinski definition) is 3. The zero-order valence-corrected chi connectivity index (χ0v) is 14.1. The molecule has 0 aliphatic rings. The van der Waals surface area contributed by atoms with Crippen LogP contribution in [0.4, 0.5) is 0 Å². The molecule has 0 radical (unpaired) electrons. The van der Waals surface area contributed by atoms with E-state index < -0.39 is 29.9 Å². The number of esters is 1. The van der Waals surface area contributed by atoms with Gasteiger partial charge in [-0.3, -0.25) is 9.59 Å². The van der Waals surface area contributed by atoms with Crippen LogP contribution in [0.15, 0.2) is 30.3 Å². The molecule has 0 aromatic heterocycles. The Labute approximate surface area is 146 Å². The van der Waals surface area contributed by atoms with Crippen LogP contribution in [0.1, 0.15) is 24.8 Å². The Bertz CT molecular complexity index is 564. The number of carboxylic acid groups (broad SMARTS) is 1. The molecule has 25 heavy (non-hydrogen) atoms. The SMILES string of the molecule is COCCCC(NC(=O)[C@@H](N)CC(=O)OCc1ccccc1)C(=O)O. The van der Waals surface area contributed by atoms with Crippen LogP contribution in [0, 0.1) is 0 Å². The molecule has 0 spiro atoms. The van der Waals surface area contributed by atoms with Gasteiger partial charge in [0.15, 0.2) is 0 Å². The Kier molecular flexibility index (Phi) is 9.20. The molecule has 1 aromatic rings. The Morgan fingerprint density at radius 2 is 1.92 bits per heavy atom. The van der Waals surface area contributed by atoms with E-state index >= 15 is 0 Å². The zero-order valence-electron chi connectivity index (χ0n) is 14.1. The molecule has 8 nitrogen and oxygen atoms in total. The molecule has 0 saturated carbocycles. The van der Waals surface area contributed by atoms with Crippen molar-refractivity contribution in [1.29, 1.82) is 0 Å². The summed E-state index contributed by atoms with van der Waals surface area (Å²) in [6, 6.07) is 6.84. The van der Waals surface area contributed by atoms with Crippen molar-refractivity contribution in [3.05, 3.63) is 35.9 Å². The molecule has 1 unspecified atom stereocenters. The van der Waals surface area contributed by atoms with Gasteiger partial charge >= 0.3 is 11.9 Å². The normalized spacial score (nSPS) is 12.9. The lowest BCUT2D eigenvalue weighted by Gasteiger charge is -2.17. The summed E-state index contributed by atoms with van der Waals surface area (Å²) in [6.07, 6.45) is 0.352. The van der Waals surface area contributed by atoms with Crippen LogP contribution in [0.5, 0.6) is 0 Å². The van der Waals surface area contributed by atoms with Gasteiger partial charge in [-0.25, -0.2) is 4.79 Å². The number of rotatable bonds is 11. The second-order valence-corrected chi connectivity index (χ2v) is 5.49. The van der Waals surface area contributed by atoms with E-state index in [0.717, 1.165) is 5.56 Å². The van der Waals surface area contributed by atoms with E-state index in [4.69, 9.17) is 20.3 Å². The number of carbonyl (C=O) groups excluding carboxylic acids is 2. The van der Waals surface area contributed by atoms with Gasteiger partial charge in [0.25, 0.3) is 0 Å². The van der Waals surface area contributed by atoms with E-state index in [-0.39, 0.29) is 19.4 Å². The number of methoxy groups -OCH3 is 1. The number of ether oxygens (including phenoxy) is 2. The topological polar surface area (TPSA) is 128 Å². The maximum absolute atomic E-state index is 12.0. The number of carbonyl (C=O) groups is 3. The summed E-state index contributed by atoms with van der Waals surface area (Å²) in [6.45, 7) is 0.473. The average Bonchev–Trinajstić information content (AvgIpc) is 2.59. The first kappa shape index (κ1) is 20.6. The van der Waals surface area contributed by atoms with E-state index in [1.54, 1.807) is 12.1 Å². The molecule has 0 fully saturated rings. The molecule has 0 aliphatic carbocycles. The molecular weight excluding hydrogens is 328 g/mol. The highest BCUT2D eigenvalue weighted by atomic mass is 16.5. The smallest absolute Gasteiger partial charge is 0.326 e. The van der Waals surface area contributed by atoms with Crippen LogP contribution in [-0.2, 0) is 30.5 Å². The number of benzene rings is 1. The van der Waals surface area contributed by atoms with Crippen molar-refractivity contribution in [2.24, 2.45) is 5.73 Å². The van der Waals surface area contributed by atoms with E-state index in [2.05, 4.69) is 5.32 Å². The minimum absolute atomic E-state index is 0.0861. The molecule has 1 aromatic carbocycles. The molecule has 0 heterocycles. The first-order valence-electron chi connectivity index (χ1n) is 7.91. The molecule has 0 saturated heterocycles. The quantitative estimate of drug-likeness (QED) is 0.389. The fraction of sp³-hybridized carbons (Fsp3) is 0.471. The van der Waals surface area contributed by atoms with Crippen LogP contribution in [0.25, 0.3) is 0 Å². The van der Waals surface area contributed by atoms with Crippen molar-refractivity contribution in [1.82, 2.24) is 5.32 Å². The number of nitrogens with two attached hydrogens (primary N) is 1. The van der Waals surface area contributed by atoms with Gasteiger partial charge in [0.1, 0.15) is 12.6 Å². The molecule has 4 N–H and O–H groups in total. The van der Waals surface area contributed by atoms with Crippen LogP contribution in [0.2, 0.25) is 0 Å². The van der Waals surface area contributed by atoms with Gasteiger partial charge in [0, 0.05) is 13.7 Å². The number of carboxylic acids is 1. The van der Waals surface area contributed by atoms with Gasteiger partial charge in [0.05, 0.1) is 12.5 Å². The summed E-state index contributed by atoms with van der Waals surface area (Å²) < 4.78 is 9.90. The number of nitrogens with one attached hydrogen (secondary N) is 1. The predicted molar refractivity (Wildman–Crippen MR) is 89.5 cm³/mol. The average molecular weight is 352 g/mol. The molecule has 138 valence electrons. The van der Waals surface area contributed by atoms with Crippen molar-refractivity contribution in [3.8, 4) is 0 Å². The lowest BCUT2D eigenvalue weighted by molar-refractivity contribution is -0.147. The van der Waals surface area contributed by atoms with Gasteiger partial charge in [-0.05, 0) is 18.4 Å². The molecule has 2 atom stereocenters. The van der Waals surface area contributed by atoms with Crippen molar-refractivity contribution >= 4 is 17.8 Å². The summed E-state index contributed by atoms with van der Waals surface area (Å²) in [7, 11) is 1.51. The highest BCUT2D eigenvalue weighted by Gasteiger charge is 2.24. The summed E-state index contributed by atoms with van der Waals surface area (Å²) >= 11 is 0. The molecular formula is C17H24N2O6. The van der Waals surface area contributed by atoms with Gasteiger partial charge in [-0.15, -0.1) is 0 Å². The number of hydrogen-bond acceptors (Lipinski definition) is 6. The third kappa shape index (κ3) is 8.27. The summed E-state index contributed by atoms with van der Waals surface area (Å²) in [5, 5.41) is 11.4.